The molecular formula is C23H18N2OS. The number of amides is 1. The first-order valence-corrected chi connectivity index (χ1v) is 9.99. The largest absolute Gasteiger partial charge is 0.325 e. The number of hydrogen-bond acceptors (Lipinski definition) is 3. The Balaban J connectivity index is 1.36. The minimum Gasteiger partial charge on any atom is -0.325 e. The van der Waals surface area contributed by atoms with E-state index in [9.17, 15) is 4.79 Å². The van der Waals surface area contributed by atoms with Crippen LogP contribution in [0.15, 0.2) is 66.0 Å². The second kappa shape index (κ2) is 6.63. The number of carbonyl (C=O) groups excluding carboxylic acids is 1. The molecule has 5 rings (SSSR count). The number of aryl methyl sites for hydroxylation is 2. The number of nitrogens with one attached hydrogen (secondary N) is 1. The maximum absolute atomic E-state index is 12.6. The van der Waals surface area contributed by atoms with Gasteiger partial charge >= 0.3 is 0 Å². The van der Waals surface area contributed by atoms with Crippen LogP contribution in [0.2, 0.25) is 0 Å². The highest BCUT2D eigenvalue weighted by Crippen LogP contribution is 2.35. The molecule has 1 amide bonds. The van der Waals surface area contributed by atoms with Crippen LogP contribution < -0.4 is 5.32 Å². The summed E-state index contributed by atoms with van der Waals surface area (Å²) >= 11 is 1.57. The van der Waals surface area contributed by atoms with Crippen LogP contribution in [-0.4, -0.2) is 10.9 Å². The molecule has 0 saturated heterocycles. The lowest BCUT2D eigenvalue weighted by atomic mass is 10.0. The third-order valence-corrected chi connectivity index (χ3v) is 6.01. The third-order valence-electron chi connectivity index (χ3n) is 5.07. The molecule has 0 atom stereocenters. The highest BCUT2D eigenvalue weighted by molar-refractivity contribution is 7.13. The zero-order valence-electron chi connectivity index (χ0n) is 14.7. The Hall–Kier alpha value is -2.98. The van der Waals surface area contributed by atoms with E-state index in [0.717, 1.165) is 40.2 Å². The molecule has 1 aliphatic rings. The maximum Gasteiger partial charge on any atom is 0.230 e. The summed E-state index contributed by atoms with van der Waals surface area (Å²) in [5.41, 5.74) is 5.54. The molecule has 1 aromatic heterocycles. The molecule has 0 bridgehead atoms. The molecule has 1 N–H and O–H groups in total. The summed E-state index contributed by atoms with van der Waals surface area (Å²) in [6.07, 6.45) is 2.46. The van der Waals surface area contributed by atoms with Crippen molar-refractivity contribution < 1.29 is 4.79 Å². The lowest BCUT2D eigenvalue weighted by Crippen LogP contribution is -2.15. The molecule has 3 nitrogen and oxygen atoms in total. The standard InChI is InChI=1S/C23H18N2OS/c26-21(13-18-14-27-23(24-18)17-5-2-1-3-6-17)25-20-12-11-16-10-9-15-7-4-8-19(20)22(15)16/h1-8,11-12,14H,9-10,13H2,(H,25,26). The number of aromatic nitrogens is 1. The normalized spacial score (nSPS) is 12.4. The van der Waals surface area contributed by atoms with Gasteiger partial charge in [0.05, 0.1) is 12.1 Å². The first-order chi connectivity index (χ1) is 13.3. The van der Waals surface area contributed by atoms with Gasteiger partial charge in [0.1, 0.15) is 5.01 Å². The topological polar surface area (TPSA) is 42.0 Å². The smallest absolute Gasteiger partial charge is 0.230 e. The van der Waals surface area contributed by atoms with Gasteiger partial charge in [-0.05, 0) is 35.4 Å². The lowest BCUT2D eigenvalue weighted by Gasteiger charge is -2.10. The van der Waals surface area contributed by atoms with Crippen LogP contribution in [0.4, 0.5) is 5.69 Å². The molecule has 0 aliphatic heterocycles. The van der Waals surface area contributed by atoms with Crippen molar-refractivity contribution in [2.75, 3.05) is 5.32 Å². The molecule has 1 heterocycles. The first-order valence-electron chi connectivity index (χ1n) is 9.11. The summed E-state index contributed by atoms with van der Waals surface area (Å²) in [6.45, 7) is 0. The van der Waals surface area contributed by atoms with Crippen LogP contribution in [0, 0.1) is 0 Å². The monoisotopic (exact) mass is 370 g/mol. The summed E-state index contributed by atoms with van der Waals surface area (Å²) in [5, 5.41) is 8.46. The van der Waals surface area contributed by atoms with Gasteiger partial charge in [-0.3, -0.25) is 4.79 Å². The number of carbonyl (C=O) groups is 1. The van der Waals surface area contributed by atoms with Crippen molar-refractivity contribution in [2.24, 2.45) is 0 Å². The first kappa shape index (κ1) is 16.2. The number of rotatable bonds is 4. The van der Waals surface area contributed by atoms with Crippen molar-refractivity contribution in [3.05, 3.63) is 82.9 Å². The molecule has 132 valence electrons. The van der Waals surface area contributed by atoms with E-state index in [-0.39, 0.29) is 12.3 Å². The Kier molecular flexibility index (Phi) is 3.98. The minimum absolute atomic E-state index is 0.0291. The number of benzene rings is 3. The Morgan fingerprint density at radius 2 is 1.78 bits per heavy atom. The molecule has 27 heavy (non-hydrogen) atoms. The maximum atomic E-state index is 12.6. The van der Waals surface area contributed by atoms with E-state index in [1.54, 1.807) is 11.3 Å². The van der Waals surface area contributed by atoms with Gasteiger partial charge in [-0.15, -0.1) is 11.3 Å². The molecule has 4 aromatic rings. The molecule has 1 aliphatic carbocycles. The van der Waals surface area contributed by atoms with Crippen LogP contribution in [0.3, 0.4) is 0 Å². The van der Waals surface area contributed by atoms with Crippen LogP contribution in [0.1, 0.15) is 16.8 Å². The second-order valence-electron chi connectivity index (χ2n) is 6.85. The van der Waals surface area contributed by atoms with E-state index < -0.39 is 0 Å². The van der Waals surface area contributed by atoms with Gasteiger partial charge in [0.25, 0.3) is 0 Å². The molecular weight excluding hydrogens is 352 g/mol. The average Bonchev–Trinajstić information content (AvgIpc) is 3.33. The van der Waals surface area contributed by atoms with Crippen molar-refractivity contribution in [3.8, 4) is 10.6 Å². The Morgan fingerprint density at radius 3 is 2.63 bits per heavy atom. The van der Waals surface area contributed by atoms with Crippen molar-refractivity contribution in [1.29, 1.82) is 0 Å². The molecule has 0 fully saturated rings. The summed E-state index contributed by atoms with van der Waals surface area (Å²) in [7, 11) is 0. The van der Waals surface area contributed by atoms with E-state index in [1.165, 1.54) is 16.5 Å². The van der Waals surface area contributed by atoms with Crippen LogP contribution >= 0.6 is 11.3 Å². The van der Waals surface area contributed by atoms with E-state index in [4.69, 9.17) is 0 Å². The number of hydrogen-bond donors (Lipinski definition) is 1. The SMILES string of the molecule is O=C(Cc1csc(-c2ccccc2)n1)Nc1ccc2c3c(cccc13)CC2. The van der Waals surface area contributed by atoms with Crippen molar-refractivity contribution in [3.63, 3.8) is 0 Å². The zero-order chi connectivity index (χ0) is 18.2. The van der Waals surface area contributed by atoms with Gasteiger partial charge in [-0.25, -0.2) is 4.98 Å². The summed E-state index contributed by atoms with van der Waals surface area (Å²) in [4.78, 5) is 17.2. The number of anilines is 1. The van der Waals surface area contributed by atoms with E-state index in [2.05, 4.69) is 34.6 Å². The Morgan fingerprint density at radius 1 is 0.963 bits per heavy atom. The van der Waals surface area contributed by atoms with E-state index >= 15 is 0 Å². The molecule has 0 saturated carbocycles. The molecule has 0 radical (unpaired) electrons. The summed E-state index contributed by atoms with van der Waals surface area (Å²) < 4.78 is 0. The molecule has 0 spiro atoms. The fourth-order valence-electron chi connectivity index (χ4n) is 3.82. The highest BCUT2D eigenvalue weighted by Gasteiger charge is 2.17. The average molecular weight is 370 g/mol. The van der Waals surface area contributed by atoms with Crippen LogP contribution in [0.5, 0.6) is 0 Å². The van der Waals surface area contributed by atoms with E-state index in [0.29, 0.717) is 0 Å². The van der Waals surface area contributed by atoms with Gasteiger partial charge in [0.2, 0.25) is 5.91 Å². The van der Waals surface area contributed by atoms with Crippen LogP contribution in [-0.2, 0) is 24.1 Å². The van der Waals surface area contributed by atoms with Gasteiger partial charge in [-0.2, -0.15) is 0 Å². The van der Waals surface area contributed by atoms with Gasteiger partial charge in [-0.1, -0.05) is 54.6 Å². The highest BCUT2D eigenvalue weighted by atomic mass is 32.1. The zero-order valence-corrected chi connectivity index (χ0v) is 15.6. The third kappa shape index (κ3) is 3.02. The fourth-order valence-corrected chi connectivity index (χ4v) is 4.64. The fraction of sp³-hybridized carbons (Fsp3) is 0.130. The van der Waals surface area contributed by atoms with Gasteiger partial charge in [0, 0.05) is 22.0 Å². The van der Waals surface area contributed by atoms with Crippen molar-refractivity contribution >= 4 is 33.7 Å². The molecule has 4 heteroatoms. The quantitative estimate of drug-likeness (QED) is 0.533. The Bertz CT molecular complexity index is 1140. The number of thiazole rings is 1. The van der Waals surface area contributed by atoms with Crippen molar-refractivity contribution in [2.45, 2.75) is 19.3 Å². The predicted octanol–water partition coefficient (Wildman–Crippen LogP) is 5.24. The number of nitrogens with zero attached hydrogens (tertiary/aromatic N) is 1. The van der Waals surface area contributed by atoms with Crippen LogP contribution in [0.25, 0.3) is 21.3 Å². The van der Waals surface area contributed by atoms with Gasteiger partial charge < -0.3 is 5.32 Å². The van der Waals surface area contributed by atoms with Crippen molar-refractivity contribution in [1.82, 2.24) is 4.98 Å². The second-order valence-corrected chi connectivity index (χ2v) is 7.71. The summed E-state index contributed by atoms with van der Waals surface area (Å²) in [6, 6.07) is 20.6. The molecule has 3 aromatic carbocycles. The minimum atomic E-state index is -0.0291. The van der Waals surface area contributed by atoms with Gasteiger partial charge in [0.15, 0.2) is 0 Å². The Labute approximate surface area is 161 Å². The van der Waals surface area contributed by atoms with E-state index in [1.807, 2.05) is 41.8 Å². The lowest BCUT2D eigenvalue weighted by molar-refractivity contribution is -0.115. The summed E-state index contributed by atoms with van der Waals surface area (Å²) in [5.74, 6) is -0.0291. The predicted molar refractivity (Wildman–Crippen MR) is 111 cm³/mol. The molecule has 0 unspecified atom stereocenters.